The number of aliphatic hydroxyl groups excluding tert-OH is 1. The number of ketones is 1. The van der Waals surface area contributed by atoms with Crippen molar-refractivity contribution >= 4 is 11.7 Å². The van der Waals surface area contributed by atoms with Crippen molar-refractivity contribution in [2.24, 2.45) is 0 Å². The highest BCUT2D eigenvalue weighted by molar-refractivity contribution is 6.07. The summed E-state index contributed by atoms with van der Waals surface area (Å²) in [5.74, 6) is -1.34. The van der Waals surface area contributed by atoms with Crippen LogP contribution in [-0.2, 0) is 14.3 Å². The molecule has 1 atom stereocenters. The number of hydrogen-bond donors (Lipinski definition) is 1. The monoisotopic (exact) mass is 290 g/mol. The first kappa shape index (κ1) is 15.2. The highest BCUT2D eigenvalue weighted by Crippen LogP contribution is 2.36. The first-order valence-corrected chi connectivity index (χ1v) is 6.72. The molecular weight excluding hydrogens is 272 g/mol. The molecule has 0 saturated carbocycles. The summed E-state index contributed by atoms with van der Waals surface area (Å²) >= 11 is 0. The second-order valence-electron chi connectivity index (χ2n) is 4.82. The molecular formula is C15H18N2O4. The summed E-state index contributed by atoms with van der Waals surface area (Å²) in [4.78, 5) is 29.7. The number of carbonyl (C=O) groups is 2. The third kappa shape index (κ3) is 2.95. The summed E-state index contributed by atoms with van der Waals surface area (Å²) in [7, 11) is 1.58. The molecule has 0 spiro atoms. The number of pyridine rings is 1. The standard InChI is InChI=1S/C15H18N2O4/c1-10(18)12-13(11-6-3-4-7-16-11)17(8-5-9-21-2)15(20)14(12)19/h3-4,6-7,13,19H,5,8-9H2,1-2H3/t13-/m0/s1. The molecule has 0 radical (unpaired) electrons. The summed E-state index contributed by atoms with van der Waals surface area (Å²) in [5.41, 5.74) is 0.675. The van der Waals surface area contributed by atoms with Crippen molar-refractivity contribution in [3.8, 4) is 0 Å². The number of methoxy groups -OCH3 is 1. The zero-order valence-electron chi connectivity index (χ0n) is 12.1. The Morgan fingerprint density at radius 3 is 2.81 bits per heavy atom. The van der Waals surface area contributed by atoms with Crippen LogP contribution in [0.25, 0.3) is 0 Å². The van der Waals surface area contributed by atoms with E-state index in [1.165, 1.54) is 11.8 Å². The minimum Gasteiger partial charge on any atom is -0.503 e. The topological polar surface area (TPSA) is 79.7 Å². The van der Waals surface area contributed by atoms with E-state index < -0.39 is 17.7 Å². The predicted molar refractivity (Wildman–Crippen MR) is 75.5 cm³/mol. The highest BCUT2D eigenvalue weighted by atomic mass is 16.5. The van der Waals surface area contributed by atoms with Crippen LogP contribution in [0.2, 0.25) is 0 Å². The van der Waals surface area contributed by atoms with Gasteiger partial charge in [-0.25, -0.2) is 0 Å². The fourth-order valence-corrected chi connectivity index (χ4v) is 2.47. The van der Waals surface area contributed by atoms with Crippen molar-refractivity contribution < 1.29 is 19.4 Å². The second-order valence-corrected chi connectivity index (χ2v) is 4.82. The fourth-order valence-electron chi connectivity index (χ4n) is 2.47. The Labute approximate surface area is 123 Å². The van der Waals surface area contributed by atoms with Gasteiger partial charge in [0, 0.05) is 26.5 Å². The van der Waals surface area contributed by atoms with E-state index in [9.17, 15) is 14.7 Å². The van der Waals surface area contributed by atoms with Crippen LogP contribution in [0.15, 0.2) is 35.7 Å². The van der Waals surface area contributed by atoms with Gasteiger partial charge in [0.2, 0.25) is 0 Å². The Bertz CT molecular complexity index is 568. The van der Waals surface area contributed by atoms with E-state index in [1.54, 1.807) is 31.5 Å². The largest absolute Gasteiger partial charge is 0.503 e. The second kappa shape index (κ2) is 6.49. The smallest absolute Gasteiger partial charge is 0.290 e. The zero-order valence-corrected chi connectivity index (χ0v) is 12.1. The van der Waals surface area contributed by atoms with Crippen molar-refractivity contribution in [2.75, 3.05) is 20.3 Å². The fraction of sp³-hybridized carbons (Fsp3) is 0.400. The quantitative estimate of drug-likeness (QED) is 0.801. The molecule has 1 N–H and O–H groups in total. The average Bonchev–Trinajstić information content (AvgIpc) is 2.73. The Kier molecular flexibility index (Phi) is 4.70. The van der Waals surface area contributed by atoms with E-state index in [0.717, 1.165) is 0 Å². The maximum absolute atomic E-state index is 12.2. The zero-order chi connectivity index (χ0) is 15.4. The summed E-state index contributed by atoms with van der Waals surface area (Å²) < 4.78 is 4.98. The van der Waals surface area contributed by atoms with E-state index in [1.807, 2.05) is 0 Å². The number of ether oxygens (including phenoxy) is 1. The van der Waals surface area contributed by atoms with Crippen LogP contribution >= 0.6 is 0 Å². The first-order chi connectivity index (χ1) is 10.1. The van der Waals surface area contributed by atoms with Gasteiger partial charge in [-0.2, -0.15) is 0 Å². The number of Topliss-reactive ketones (excluding diaryl/α,β-unsaturated/α-hetero) is 1. The van der Waals surface area contributed by atoms with Crippen LogP contribution < -0.4 is 0 Å². The molecule has 21 heavy (non-hydrogen) atoms. The number of aliphatic hydroxyl groups is 1. The number of carbonyl (C=O) groups excluding carboxylic acids is 2. The molecule has 0 saturated heterocycles. The van der Waals surface area contributed by atoms with Crippen molar-refractivity contribution in [3.05, 3.63) is 41.4 Å². The number of rotatable bonds is 6. The molecule has 112 valence electrons. The van der Waals surface area contributed by atoms with Gasteiger partial charge < -0.3 is 14.7 Å². The minimum atomic E-state index is -0.631. The lowest BCUT2D eigenvalue weighted by Gasteiger charge is -2.25. The molecule has 0 unspecified atom stereocenters. The minimum absolute atomic E-state index is 0.108. The normalized spacial score (nSPS) is 18.5. The summed E-state index contributed by atoms with van der Waals surface area (Å²) in [6.45, 7) is 2.22. The van der Waals surface area contributed by atoms with E-state index in [0.29, 0.717) is 25.3 Å². The van der Waals surface area contributed by atoms with Gasteiger partial charge in [-0.1, -0.05) is 6.07 Å². The summed E-state index contributed by atoms with van der Waals surface area (Å²) in [5, 5.41) is 10.00. The molecule has 1 amide bonds. The predicted octanol–water partition coefficient (Wildman–Crippen LogP) is 1.40. The number of nitrogens with zero attached hydrogens (tertiary/aromatic N) is 2. The van der Waals surface area contributed by atoms with Crippen LogP contribution in [0.4, 0.5) is 0 Å². The molecule has 1 aliphatic rings. The Morgan fingerprint density at radius 2 is 2.24 bits per heavy atom. The maximum Gasteiger partial charge on any atom is 0.290 e. The Morgan fingerprint density at radius 1 is 1.48 bits per heavy atom. The van der Waals surface area contributed by atoms with Crippen molar-refractivity contribution in [3.63, 3.8) is 0 Å². The summed E-state index contributed by atoms with van der Waals surface area (Å²) in [6.07, 6.45) is 2.21. The van der Waals surface area contributed by atoms with Gasteiger partial charge >= 0.3 is 0 Å². The molecule has 0 aliphatic carbocycles. The van der Waals surface area contributed by atoms with Crippen molar-refractivity contribution in [2.45, 2.75) is 19.4 Å². The number of aromatic nitrogens is 1. The van der Waals surface area contributed by atoms with Gasteiger partial charge in [-0.15, -0.1) is 0 Å². The molecule has 1 aliphatic heterocycles. The number of amides is 1. The van der Waals surface area contributed by atoms with Crippen LogP contribution in [-0.4, -0.2) is 46.9 Å². The van der Waals surface area contributed by atoms with Crippen LogP contribution in [0.3, 0.4) is 0 Å². The highest BCUT2D eigenvalue weighted by Gasteiger charge is 2.42. The van der Waals surface area contributed by atoms with Crippen LogP contribution in [0.5, 0.6) is 0 Å². The molecule has 0 bridgehead atoms. The van der Waals surface area contributed by atoms with E-state index in [2.05, 4.69) is 4.98 Å². The molecule has 0 aromatic carbocycles. The van der Waals surface area contributed by atoms with E-state index in [4.69, 9.17) is 4.74 Å². The third-order valence-electron chi connectivity index (χ3n) is 3.40. The molecule has 6 nitrogen and oxygen atoms in total. The lowest BCUT2D eigenvalue weighted by molar-refractivity contribution is -0.129. The molecule has 0 fully saturated rings. The Hall–Kier alpha value is -2.21. The van der Waals surface area contributed by atoms with Crippen molar-refractivity contribution in [1.29, 1.82) is 0 Å². The average molecular weight is 290 g/mol. The van der Waals surface area contributed by atoms with Crippen LogP contribution in [0.1, 0.15) is 25.1 Å². The molecule has 6 heteroatoms. The third-order valence-corrected chi connectivity index (χ3v) is 3.40. The number of hydrogen-bond acceptors (Lipinski definition) is 5. The van der Waals surface area contributed by atoms with Gasteiger partial charge in [0.05, 0.1) is 11.3 Å². The molecule has 1 aromatic heterocycles. The van der Waals surface area contributed by atoms with Crippen LogP contribution in [0, 0.1) is 0 Å². The van der Waals surface area contributed by atoms with E-state index in [-0.39, 0.29) is 11.4 Å². The first-order valence-electron chi connectivity index (χ1n) is 6.72. The SMILES string of the molecule is COCCCN1C(=O)C(O)=C(C(C)=O)[C@@H]1c1ccccn1. The molecule has 2 heterocycles. The molecule has 2 rings (SSSR count). The van der Waals surface area contributed by atoms with Crippen molar-refractivity contribution in [1.82, 2.24) is 9.88 Å². The lowest BCUT2D eigenvalue weighted by atomic mass is 10.0. The van der Waals surface area contributed by atoms with Gasteiger partial charge in [0.25, 0.3) is 5.91 Å². The van der Waals surface area contributed by atoms with Gasteiger partial charge in [-0.05, 0) is 25.5 Å². The van der Waals surface area contributed by atoms with Gasteiger partial charge in [-0.3, -0.25) is 14.6 Å². The molecule has 1 aromatic rings. The van der Waals surface area contributed by atoms with E-state index >= 15 is 0 Å². The van der Waals surface area contributed by atoms with Gasteiger partial charge in [0.15, 0.2) is 11.5 Å². The maximum atomic E-state index is 12.2. The Balaban J connectivity index is 2.37. The lowest BCUT2D eigenvalue weighted by Crippen LogP contribution is -2.32. The summed E-state index contributed by atoms with van der Waals surface area (Å²) in [6, 6.07) is 4.65. The van der Waals surface area contributed by atoms with Gasteiger partial charge in [0.1, 0.15) is 6.04 Å².